The Balaban J connectivity index is 1.90. The molecule has 0 bridgehead atoms. The first-order chi connectivity index (χ1) is 12.2. The molecule has 25 heavy (non-hydrogen) atoms. The van der Waals surface area contributed by atoms with Gasteiger partial charge in [-0.1, -0.05) is 36.4 Å². The molecule has 0 aliphatic heterocycles. The molecule has 2 rings (SSSR count). The lowest BCUT2D eigenvalue weighted by atomic mass is 10.1. The summed E-state index contributed by atoms with van der Waals surface area (Å²) < 4.78 is 16.1. The van der Waals surface area contributed by atoms with Crippen LogP contribution in [0.2, 0.25) is 0 Å². The molecule has 0 spiro atoms. The highest BCUT2D eigenvalue weighted by atomic mass is 16.5. The van der Waals surface area contributed by atoms with Crippen LogP contribution in [0, 0.1) is 0 Å². The van der Waals surface area contributed by atoms with Crippen LogP contribution in [0.3, 0.4) is 0 Å². The smallest absolute Gasteiger partial charge is 0.220 e. The zero-order chi connectivity index (χ0) is 18.1. The van der Waals surface area contributed by atoms with Gasteiger partial charge in [-0.05, 0) is 29.7 Å². The Kier molecular flexibility index (Phi) is 7.29. The molecular formula is C20H25NO4. The summed E-state index contributed by atoms with van der Waals surface area (Å²) in [6.07, 6.45) is 0.924. The van der Waals surface area contributed by atoms with Gasteiger partial charge in [-0.25, -0.2) is 0 Å². The van der Waals surface area contributed by atoms with Gasteiger partial charge in [-0.15, -0.1) is 0 Å². The summed E-state index contributed by atoms with van der Waals surface area (Å²) in [5, 5.41) is 2.93. The van der Waals surface area contributed by atoms with E-state index in [4.69, 9.17) is 14.2 Å². The van der Waals surface area contributed by atoms with E-state index in [1.807, 2.05) is 48.5 Å². The minimum absolute atomic E-state index is 0.00591. The number of hydrogen-bond donors (Lipinski definition) is 1. The SMILES string of the molecule is COc1ccc([C@H](CNC(=O)CCc2ccccc2)OC)cc1OC. The van der Waals surface area contributed by atoms with E-state index in [1.54, 1.807) is 21.3 Å². The third kappa shape index (κ3) is 5.50. The zero-order valence-electron chi connectivity index (χ0n) is 15.0. The normalized spacial score (nSPS) is 11.6. The number of carbonyl (C=O) groups is 1. The van der Waals surface area contributed by atoms with Crippen LogP contribution in [0.25, 0.3) is 0 Å². The Morgan fingerprint density at radius 2 is 1.72 bits per heavy atom. The topological polar surface area (TPSA) is 56.8 Å². The maximum Gasteiger partial charge on any atom is 0.220 e. The van der Waals surface area contributed by atoms with E-state index < -0.39 is 0 Å². The molecule has 0 radical (unpaired) electrons. The van der Waals surface area contributed by atoms with Crippen LogP contribution >= 0.6 is 0 Å². The third-order valence-corrected chi connectivity index (χ3v) is 4.03. The summed E-state index contributed by atoms with van der Waals surface area (Å²) in [6.45, 7) is 0.402. The van der Waals surface area contributed by atoms with Crippen molar-refractivity contribution in [2.75, 3.05) is 27.9 Å². The van der Waals surface area contributed by atoms with E-state index in [0.717, 1.165) is 17.5 Å². The number of methoxy groups -OCH3 is 3. The molecule has 134 valence electrons. The zero-order valence-corrected chi connectivity index (χ0v) is 15.0. The molecule has 0 unspecified atom stereocenters. The number of aryl methyl sites for hydroxylation is 1. The fraction of sp³-hybridized carbons (Fsp3) is 0.350. The molecule has 2 aromatic rings. The molecule has 5 heteroatoms. The molecule has 0 heterocycles. The highest BCUT2D eigenvalue weighted by Crippen LogP contribution is 2.30. The summed E-state index contributed by atoms with van der Waals surface area (Å²) >= 11 is 0. The third-order valence-electron chi connectivity index (χ3n) is 4.03. The Morgan fingerprint density at radius 3 is 2.36 bits per heavy atom. The molecule has 1 atom stereocenters. The monoisotopic (exact) mass is 343 g/mol. The van der Waals surface area contributed by atoms with Crippen LogP contribution in [-0.4, -0.2) is 33.8 Å². The minimum Gasteiger partial charge on any atom is -0.493 e. The van der Waals surface area contributed by atoms with Gasteiger partial charge in [0.15, 0.2) is 11.5 Å². The van der Waals surface area contributed by atoms with Crippen molar-refractivity contribution in [3.8, 4) is 11.5 Å². The summed E-state index contributed by atoms with van der Waals surface area (Å²) in [5.74, 6) is 1.30. The van der Waals surface area contributed by atoms with Crippen LogP contribution in [0.5, 0.6) is 11.5 Å². The van der Waals surface area contributed by atoms with Crippen LogP contribution in [0.15, 0.2) is 48.5 Å². The number of benzene rings is 2. The lowest BCUT2D eigenvalue weighted by Gasteiger charge is -2.18. The number of amides is 1. The van der Waals surface area contributed by atoms with Gasteiger partial charge in [-0.2, -0.15) is 0 Å². The van der Waals surface area contributed by atoms with Gasteiger partial charge >= 0.3 is 0 Å². The Labute approximate surface area is 148 Å². The van der Waals surface area contributed by atoms with Crippen LogP contribution in [0.4, 0.5) is 0 Å². The van der Waals surface area contributed by atoms with Crippen molar-refractivity contribution in [1.82, 2.24) is 5.32 Å². The van der Waals surface area contributed by atoms with Crippen molar-refractivity contribution in [2.24, 2.45) is 0 Å². The quantitative estimate of drug-likeness (QED) is 0.760. The first-order valence-corrected chi connectivity index (χ1v) is 8.23. The van der Waals surface area contributed by atoms with E-state index in [0.29, 0.717) is 24.5 Å². The summed E-state index contributed by atoms with van der Waals surface area (Å²) in [6, 6.07) is 15.6. The molecule has 0 saturated heterocycles. The van der Waals surface area contributed by atoms with Crippen molar-refractivity contribution in [2.45, 2.75) is 18.9 Å². The lowest BCUT2D eigenvalue weighted by molar-refractivity contribution is -0.121. The predicted octanol–water partition coefficient (Wildman–Crippen LogP) is 3.14. The van der Waals surface area contributed by atoms with Gasteiger partial charge in [0.1, 0.15) is 0 Å². The fourth-order valence-electron chi connectivity index (χ4n) is 2.59. The average Bonchev–Trinajstić information content (AvgIpc) is 2.67. The maximum absolute atomic E-state index is 12.1. The van der Waals surface area contributed by atoms with Crippen molar-refractivity contribution in [3.63, 3.8) is 0 Å². The number of rotatable bonds is 9. The predicted molar refractivity (Wildman–Crippen MR) is 97.1 cm³/mol. The van der Waals surface area contributed by atoms with Gasteiger partial charge in [0.05, 0.1) is 20.3 Å². The first kappa shape index (κ1) is 18.8. The number of carbonyl (C=O) groups excluding carboxylic acids is 1. The molecule has 0 aliphatic rings. The van der Waals surface area contributed by atoms with E-state index in [9.17, 15) is 4.79 Å². The highest BCUT2D eigenvalue weighted by molar-refractivity contribution is 5.76. The number of ether oxygens (including phenoxy) is 3. The van der Waals surface area contributed by atoms with E-state index >= 15 is 0 Å². The lowest BCUT2D eigenvalue weighted by Crippen LogP contribution is -2.29. The molecule has 0 saturated carbocycles. The van der Waals surface area contributed by atoms with E-state index in [-0.39, 0.29) is 12.0 Å². The molecule has 2 aromatic carbocycles. The van der Waals surface area contributed by atoms with Gasteiger partial charge in [0, 0.05) is 20.1 Å². The number of nitrogens with one attached hydrogen (secondary N) is 1. The molecular weight excluding hydrogens is 318 g/mol. The molecule has 0 aromatic heterocycles. The largest absolute Gasteiger partial charge is 0.493 e. The molecule has 0 aliphatic carbocycles. The van der Waals surface area contributed by atoms with Crippen LogP contribution in [-0.2, 0) is 16.0 Å². The van der Waals surface area contributed by atoms with Crippen LogP contribution < -0.4 is 14.8 Å². The Bertz CT molecular complexity index is 673. The molecule has 5 nitrogen and oxygen atoms in total. The van der Waals surface area contributed by atoms with E-state index in [1.165, 1.54) is 0 Å². The fourth-order valence-corrected chi connectivity index (χ4v) is 2.59. The summed E-state index contributed by atoms with van der Waals surface area (Å²) in [7, 11) is 4.81. The molecule has 1 N–H and O–H groups in total. The number of hydrogen-bond acceptors (Lipinski definition) is 4. The Morgan fingerprint density at radius 1 is 1.00 bits per heavy atom. The Hall–Kier alpha value is -2.53. The van der Waals surface area contributed by atoms with Crippen molar-refractivity contribution in [1.29, 1.82) is 0 Å². The van der Waals surface area contributed by atoms with Crippen molar-refractivity contribution < 1.29 is 19.0 Å². The van der Waals surface area contributed by atoms with Crippen molar-refractivity contribution >= 4 is 5.91 Å². The first-order valence-electron chi connectivity index (χ1n) is 8.23. The summed E-state index contributed by atoms with van der Waals surface area (Å²) in [4.78, 5) is 12.1. The highest BCUT2D eigenvalue weighted by Gasteiger charge is 2.15. The second-order valence-corrected chi connectivity index (χ2v) is 5.63. The molecule has 1 amide bonds. The summed E-state index contributed by atoms with van der Waals surface area (Å²) in [5.41, 5.74) is 2.07. The second-order valence-electron chi connectivity index (χ2n) is 5.63. The van der Waals surface area contributed by atoms with Gasteiger partial charge in [0.25, 0.3) is 0 Å². The maximum atomic E-state index is 12.1. The van der Waals surface area contributed by atoms with Gasteiger partial charge in [0.2, 0.25) is 5.91 Å². The molecule has 0 fully saturated rings. The second kappa shape index (κ2) is 9.69. The van der Waals surface area contributed by atoms with E-state index in [2.05, 4.69) is 5.32 Å². The van der Waals surface area contributed by atoms with Gasteiger partial charge < -0.3 is 19.5 Å². The van der Waals surface area contributed by atoms with Gasteiger partial charge in [-0.3, -0.25) is 4.79 Å². The standard InChI is InChI=1S/C20H25NO4/c1-23-17-11-10-16(13-18(17)24-2)19(25-3)14-21-20(22)12-9-15-7-5-4-6-8-15/h4-8,10-11,13,19H,9,12,14H2,1-3H3,(H,21,22)/t19-/m0/s1. The van der Waals surface area contributed by atoms with Crippen LogP contribution in [0.1, 0.15) is 23.7 Å². The van der Waals surface area contributed by atoms with Crippen molar-refractivity contribution in [3.05, 3.63) is 59.7 Å². The average molecular weight is 343 g/mol. The minimum atomic E-state index is -0.250.